The molecule has 11 nitrogen and oxygen atoms in total. The average molecular weight is 504 g/mol. The van der Waals surface area contributed by atoms with E-state index in [4.69, 9.17) is 29.4 Å². The summed E-state index contributed by atoms with van der Waals surface area (Å²) in [7, 11) is 0. The van der Waals surface area contributed by atoms with E-state index in [0.717, 1.165) is 12.8 Å². The summed E-state index contributed by atoms with van der Waals surface area (Å²) in [6, 6.07) is 8.64. The van der Waals surface area contributed by atoms with Gasteiger partial charge in [0, 0.05) is 6.92 Å². The van der Waals surface area contributed by atoms with Crippen LogP contribution in [-0.4, -0.2) is 54.5 Å². The Morgan fingerprint density at radius 3 is 2.31 bits per heavy atom. The number of esters is 4. The molecule has 0 saturated carbocycles. The molecule has 0 aliphatic carbocycles. The number of aliphatic hydroxyl groups is 1. The maximum Gasteiger partial charge on any atom is 0.344 e. The number of hydrogen-bond donors (Lipinski definition) is 2. The molecule has 2 unspecified atom stereocenters. The molecule has 2 aromatic carbocycles. The normalized spacial score (nSPS) is 12.1. The van der Waals surface area contributed by atoms with Gasteiger partial charge in [0.15, 0.2) is 11.5 Å². The molecule has 2 atom stereocenters. The third-order valence-electron chi connectivity index (χ3n) is 4.68. The number of nitrogens with two attached hydrogens (primary N) is 1. The van der Waals surface area contributed by atoms with E-state index in [-0.39, 0.29) is 28.4 Å². The number of rotatable bonds is 12. The Morgan fingerprint density at radius 2 is 1.64 bits per heavy atom. The van der Waals surface area contributed by atoms with Crippen molar-refractivity contribution in [3.8, 4) is 17.2 Å². The Hall–Kier alpha value is -3.96. The zero-order valence-corrected chi connectivity index (χ0v) is 20.2. The predicted octanol–water partition coefficient (Wildman–Crippen LogP) is 2.38. The SMILES string of the molecule is CCCCOc1ccc(C(=O)OCOC(=O)c2ccccc2OC(C)=O)cc1OC(=O)C(N)C(C)O. The lowest BCUT2D eigenvalue weighted by Crippen LogP contribution is -2.42. The third-order valence-corrected chi connectivity index (χ3v) is 4.68. The Kier molecular flexibility index (Phi) is 10.8. The Labute approximate surface area is 208 Å². The lowest BCUT2D eigenvalue weighted by Gasteiger charge is -2.16. The van der Waals surface area contributed by atoms with Gasteiger partial charge >= 0.3 is 23.9 Å². The fourth-order valence-corrected chi connectivity index (χ4v) is 2.71. The first-order valence-electron chi connectivity index (χ1n) is 11.2. The molecule has 2 rings (SSSR count). The van der Waals surface area contributed by atoms with E-state index in [2.05, 4.69) is 0 Å². The molecule has 11 heteroatoms. The number of aliphatic hydroxyl groups excluding tert-OH is 1. The fraction of sp³-hybridized carbons (Fsp3) is 0.360. The standard InChI is InChI=1S/C25H29NO10/c1-4-5-12-32-20-11-10-17(13-21(20)36-25(31)22(26)15(2)27)23(29)33-14-34-24(30)18-8-6-7-9-19(18)35-16(3)28/h6-11,13,15,22,27H,4-5,12,14,26H2,1-3H3. The van der Waals surface area contributed by atoms with E-state index >= 15 is 0 Å². The van der Waals surface area contributed by atoms with Crippen molar-refractivity contribution in [2.45, 2.75) is 45.8 Å². The van der Waals surface area contributed by atoms with Crippen molar-refractivity contribution in [1.82, 2.24) is 0 Å². The molecular formula is C25H29NO10. The number of benzene rings is 2. The first kappa shape index (κ1) is 28.3. The highest BCUT2D eigenvalue weighted by atomic mass is 16.7. The Bertz CT molecular complexity index is 1080. The Morgan fingerprint density at radius 1 is 0.944 bits per heavy atom. The van der Waals surface area contributed by atoms with E-state index in [9.17, 15) is 24.3 Å². The minimum absolute atomic E-state index is 0.00171. The van der Waals surface area contributed by atoms with E-state index in [1.165, 1.54) is 44.2 Å². The third kappa shape index (κ3) is 8.36. The molecule has 0 amide bonds. The fourth-order valence-electron chi connectivity index (χ4n) is 2.71. The van der Waals surface area contributed by atoms with Crippen LogP contribution in [0.3, 0.4) is 0 Å². The first-order valence-corrected chi connectivity index (χ1v) is 11.2. The van der Waals surface area contributed by atoms with Crippen molar-refractivity contribution in [2.24, 2.45) is 5.73 Å². The number of carbonyl (C=O) groups excluding carboxylic acids is 4. The van der Waals surface area contributed by atoms with Crippen LogP contribution in [0.2, 0.25) is 0 Å². The molecule has 0 spiro atoms. The van der Waals surface area contributed by atoms with Crippen molar-refractivity contribution in [2.75, 3.05) is 13.4 Å². The highest BCUT2D eigenvalue weighted by Crippen LogP contribution is 2.29. The van der Waals surface area contributed by atoms with E-state index in [1.54, 1.807) is 12.1 Å². The van der Waals surface area contributed by atoms with Gasteiger partial charge in [0.2, 0.25) is 6.79 Å². The molecule has 194 valence electrons. The second-order valence-electron chi connectivity index (χ2n) is 7.62. The van der Waals surface area contributed by atoms with Gasteiger partial charge in [0.1, 0.15) is 17.4 Å². The molecule has 0 fully saturated rings. The van der Waals surface area contributed by atoms with Gasteiger partial charge in [-0.25, -0.2) is 14.4 Å². The van der Waals surface area contributed by atoms with Crippen molar-refractivity contribution in [1.29, 1.82) is 0 Å². The highest BCUT2D eigenvalue weighted by molar-refractivity contribution is 5.94. The zero-order valence-electron chi connectivity index (χ0n) is 20.2. The Balaban J connectivity index is 2.09. The van der Waals surface area contributed by atoms with E-state index in [0.29, 0.717) is 6.61 Å². The number of para-hydroxylation sites is 1. The maximum absolute atomic E-state index is 12.5. The lowest BCUT2D eigenvalue weighted by atomic mass is 10.2. The quantitative estimate of drug-likeness (QED) is 0.189. The van der Waals surface area contributed by atoms with Crippen molar-refractivity contribution < 1.29 is 48.0 Å². The molecule has 0 bridgehead atoms. The van der Waals surface area contributed by atoms with Crippen LogP contribution in [0.15, 0.2) is 42.5 Å². The molecule has 0 saturated heterocycles. The molecule has 0 aliphatic rings. The zero-order chi connectivity index (χ0) is 26.7. The summed E-state index contributed by atoms with van der Waals surface area (Å²) in [5.41, 5.74) is 5.57. The molecule has 0 aliphatic heterocycles. The van der Waals surface area contributed by atoms with Crippen LogP contribution in [0.5, 0.6) is 17.2 Å². The maximum atomic E-state index is 12.5. The van der Waals surface area contributed by atoms with Crippen LogP contribution >= 0.6 is 0 Å². The molecule has 0 heterocycles. The predicted molar refractivity (Wildman–Crippen MR) is 126 cm³/mol. The summed E-state index contributed by atoms with van der Waals surface area (Å²) in [4.78, 5) is 48.2. The van der Waals surface area contributed by atoms with Gasteiger partial charge in [-0.15, -0.1) is 0 Å². The summed E-state index contributed by atoms with van der Waals surface area (Å²) in [6.07, 6.45) is 0.461. The summed E-state index contributed by atoms with van der Waals surface area (Å²) >= 11 is 0. The van der Waals surface area contributed by atoms with Crippen LogP contribution in [-0.2, 0) is 19.1 Å². The topological polar surface area (TPSA) is 161 Å². The molecule has 36 heavy (non-hydrogen) atoms. The van der Waals surface area contributed by atoms with E-state index < -0.39 is 42.8 Å². The largest absolute Gasteiger partial charge is 0.490 e. The average Bonchev–Trinajstić information content (AvgIpc) is 2.84. The highest BCUT2D eigenvalue weighted by Gasteiger charge is 2.24. The van der Waals surface area contributed by atoms with Gasteiger partial charge in [-0.05, 0) is 43.7 Å². The molecule has 0 radical (unpaired) electrons. The van der Waals surface area contributed by atoms with Crippen molar-refractivity contribution in [3.05, 3.63) is 53.6 Å². The number of hydrogen-bond acceptors (Lipinski definition) is 11. The summed E-state index contributed by atoms with van der Waals surface area (Å²) in [5, 5.41) is 9.54. The molecule has 3 N–H and O–H groups in total. The number of ether oxygens (including phenoxy) is 5. The first-order chi connectivity index (χ1) is 17.1. The van der Waals surface area contributed by atoms with E-state index in [1.807, 2.05) is 6.92 Å². The molecular weight excluding hydrogens is 474 g/mol. The molecule has 0 aromatic heterocycles. The number of carbonyl (C=O) groups is 4. The van der Waals surface area contributed by atoms with Gasteiger partial charge < -0.3 is 34.5 Å². The van der Waals surface area contributed by atoms with Gasteiger partial charge in [0.05, 0.1) is 18.3 Å². The smallest absolute Gasteiger partial charge is 0.344 e. The number of unbranched alkanes of at least 4 members (excludes halogenated alkanes) is 1. The van der Waals surface area contributed by atoms with Gasteiger partial charge in [-0.2, -0.15) is 0 Å². The minimum atomic E-state index is -1.31. The second-order valence-corrected chi connectivity index (χ2v) is 7.62. The van der Waals surface area contributed by atoms with Crippen LogP contribution in [0.1, 0.15) is 54.3 Å². The van der Waals surface area contributed by atoms with Crippen LogP contribution < -0.4 is 19.9 Å². The molecule has 2 aromatic rings. The van der Waals surface area contributed by atoms with Gasteiger partial charge in [-0.3, -0.25) is 4.79 Å². The van der Waals surface area contributed by atoms with Crippen LogP contribution in [0.25, 0.3) is 0 Å². The minimum Gasteiger partial charge on any atom is -0.490 e. The van der Waals surface area contributed by atoms with Crippen molar-refractivity contribution in [3.63, 3.8) is 0 Å². The van der Waals surface area contributed by atoms with Gasteiger partial charge in [0.25, 0.3) is 0 Å². The summed E-state index contributed by atoms with van der Waals surface area (Å²) in [6.45, 7) is 4.12. The van der Waals surface area contributed by atoms with Gasteiger partial charge in [-0.1, -0.05) is 25.5 Å². The lowest BCUT2D eigenvalue weighted by molar-refractivity contribution is -0.138. The van der Waals surface area contributed by atoms with Crippen LogP contribution in [0, 0.1) is 0 Å². The summed E-state index contributed by atoms with van der Waals surface area (Å²) in [5.74, 6) is -3.18. The van der Waals surface area contributed by atoms with Crippen molar-refractivity contribution >= 4 is 23.9 Å². The summed E-state index contributed by atoms with van der Waals surface area (Å²) < 4.78 is 25.8. The second kappa shape index (κ2) is 13.8. The van der Waals surface area contributed by atoms with Crippen LogP contribution in [0.4, 0.5) is 0 Å². The monoisotopic (exact) mass is 503 g/mol.